The van der Waals surface area contributed by atoms with Crippen molar-refractivity contribution in [2.45, 2.75) is 52.6 Å². The molecule has 1 aliphatic rings. The van der Waals surface area contributed by atoms with Crippen LogP contribution in [0.25, 0.3) is 0 Å². The highest BCUT2D eigenvalue weighted by molar-refractivity contribution is 5.66. The Morgan fingerprint density at radius 3 is 2.93 bits per heavy atom. The van der Waals surface area contributed by atoms with E-state index in [9.17, 15) is 4.79 Å². The van der Waals surface area contributed by atoms with Crippen molar-refractivity contribution in [3.63, 3.8) is 0 Å². The van der Waals surface area contributed by atoms with Gasteiger partial charge in [0.2, 0.25) is 0 Å². The van der Waals surface area contributed by atoms with Crippen LogP contribution in [0.3, 0.4) is 0 Å². The first-order valence-electron chi connectivity index (χ1n) is 5.40. The predicted molar refractivity (Wildman–Crippen MR) is 56.9 cm³/mol. The molecule has 0 heterocycles. The van der Waals surface area contributed by atoms with E-state index in [-0.39, 0.29) is 12.1 Å². The fraction of sp³-hybridized carbons (Fsp3) is 0.750. The molecule has 2 atom stereocenters. The maximum absolute atomic E-state index is 10.9. The molecular weight excluding hydrogens is 176 g/mol. The fourth-order valence-corrected chi connectivity index (χ4v) is 2.03. The van der Waals surface area contributed by atoms with Gasteiger partial charge in [-0.05, 0) is 32.1 Å². The first-order chi connectivity index (χ1) is 6.58. The molecule has 0 aliphatic heterocycles. The molecule has 0 spiro atoms. The van der Waals surface area contributed by atoms with E-state index in [0.29, 0.717) is 5.92 Å². The normalized spacial score (nSPS) is 32.4. The molecule has 0 amide bonds. The topological polar surface area (TPSA) is 26.3 Å². The molecule has 0 N–H and O–H groups in total. The second-order valence-corrected chi connectivity index (χ2v) is 4.40. The number of ether oxygens (including phenoxy) is 1. The van der Waals surface area contributed by atoms with Gasteiger partial charge in [-0.1, -0.05) is 18.6 Å². The van der Waals surface area contributed by atoms with Crippen LogP contribution in [-0.4, -0.2) is 12.1 Å². The van der Waals surface area contributed by atoms with Gasteiger partial charge in [-0.25, -0.2) is 0 Å². The molecule has 1 aliphatic carbocycles. The molecule has 2 heteroatoms. The van der Waals surface area contributed by atoms with Crippen molar-refractivity contribution < 1.29 is 9.53 Å². The lowest BCUT2D eigenvalue weighted by atomic mass is 9.91. The van der Waals surface area contributed by atoms with Gasteiger partial charge in [0, 0.05) is 13.3 Å². The number of carbonyl (C=O) groups excluding carboxylic acids is 1. The van der Waals surface area contributed by atoms with Crippen LogP contribution in [-0.2, 0) is 9.53 Å². The molecule has 0 fully saturated rings. The third-order valence-electron chi connectivity index (χ3n) is 2.70. The van der Waals surface area contributed by atoms with Gasteiger partial charge >= 0.3 is 5.97 Å². The summed E-state index contributed by atoms with van der Waals surface area (Å²) in [4.78, 5) is 10.9. The Morgan fingerprint density at radius 2 is 2.29 bits per heavy atom. The molecule has 1 rings (SSSR count). The lowest BCUT2D eigenvalue weighted by Gasteiger charge is -2.23. The summed E-state index contributed by atoms with van der Waals surface area (Å²) in [5, 5.41) is 0. The Labute approximate surface area is 86.3 Å². The number of hydrogen-bond acceptors (Lipinski definition) is 2. The SMILES string of the molecule is CC(=O)OC1C/C(C)=C\CCC(C)C1. The highest BCUT2D eigenvalue weighted by Gasteiger charge is 2.18. The third-order valence-corrected chi connectivity index (χ3v) is 2.70. The second-order valence-electron chi connectivity index (χ2n) is 4.40. The minimum Gasteiger partial charge on any atom is -0.462 e. The quantitative estimate of drug-likeness (QED) is 0.476. The molecule has 2 unspecified atom stereocenters. The first-order valence-corrected chi connectivity index (χ1v) is 5.40. The molecule has 0 aromatic rings. The van der Waals surface area contributed by atoms with E-state index in [1.165, 1.54) is 25.3 Å². The monoisotopic (exact) mass is 196 g/mol. The Hall–Kier alpha value is -0.790. The zero-order chi connectivity index (χ0) is 10.6. The molecule has 14 heavy (non-hydrogen) atoms. The number of rotatable bonds is 1. The lowest BCUT2D eigenvalue weighted by Crippen LogP contribution is -2.20. The van der Waals surface area contributed by atoms with Crippen molar-refractivity contribution in [3.05, 3.63) is 11.6 Å². The zero-order valence-corrected chi connectivity index (χ0v) is 9.38. The number of allylic oxidation sites excluding steroid dienone is 1. The van der Waals surface area contributed by atoms with Crippen LogP contribution in [0.5, 0.6) is 0 Å². The molecule has 80 valence electrons. The minimum atomic E-state index is -0.157. The fourth-order valence-electron chi connectivity index (χ4n) is 2.03. The van der Waals surface area contributed by atoms with Crippen molar-refractivity contribution in [2.75, 3.05) is 0 Å². The Morgan fingerprint density at radius 1 is 1.57 bits per heavy atom. The van der Waals surface area contributed by atoms with Crippen LogP contribution >= 0.6 is 0 Å². The summed E-state index contributed by atoms with van der Waals surface area (Å²) < 4.78 is 5.29. The first kappa shape index (κ1) is 11.3. The van der Waals surface area contributed by atoms with Gasteiger partial charge in [-0.15, -0.1) is 0 Å². The molecular formula is C12H20O2. The van der Waals surface area contributed by atoms with Gasteiger partial charge in [0.05, 0.1) is 0 Å². The molecule has 0 saturated carbocycles. The lowest BCUT2D eigenvalue weighted by molar-refractivity contribution is -0.147. The van der Waals surface area contributed by atoms with E-state index in [4.69, 9.17) is 4.74 Å². The van der Waals surface area contributed by atoms with Crippen LogP contribution in [0.2, 0.25) is 0 Å². The van der Waals surface area contributed by atoms with E-state index >= 15 is 0 Å². The van der Waals surface area contributed by atoms with Crippen molar-refractivity contribution in [2.24, 2.45) is 5.92 Å². The maximum Gasteiger partial charge on any atom is 0.302 e. The largest absolute Gasteiger partial charge is 0.462 e. The van der Waals surface area contributed by atoms with E-state index in [2.05, 4.69) is 19.9 Å². The number of carbonyl (C=O) groups is 1. The van der Waals surface area contributed by atoms with Crippen LogP contribution in [0, 0.1) is 5.92 Å². The van der Waals surface area contributed by atoms with Crippen molar-refractivity contribution in [3.8, 4) is 0 Å². The molecule has 2 nitrogen and oxygen atoms in total. The average Bonchev–Trinajstić information content (AvgIpc) is 1.99. The molecule has 0 aromatic carbocycles. The van der Waals surface area contributed by atoms with E-state index in [0.717, 1.165) is 12.8 Å². The number of hydrogen-bond donors (Lipinski definition) is 0. The molecule has 0 aromatic heterocycles. The number of esters is 1. The summed E-state index contributed by atoms with van der Waals surface area (Å²) >= 11 is 0. The summed E-state index contributed by atoms with van der Waals surface area (Å²) in [6.45, 7) is 5.83. The molecule has 0 radical (unpaired) electrons. The standard InChI is InChI=1S/C12H20O2/c1-9-5-4-6-10(2)8-12(7-9)14-11(3)13/h5,10,12H,4,6-8H2,1-3H3/b9-5-. The molecule has 0 bridgehead atoms. The van der Waals surface area contributed by atoms with Crippen LogP contribution in [0.15, 0.2) is 11.6 Å². The van der Waals surface area contributed by atoms with Gasteiger partial charge in [0.25, 0.3) is 0 Å². The summed E-state index contributed by atoms with van der Waals surface area (Å²) in [6, 6.07) is 0. The Balaban J connectivity index is 2.57. The smallest absolute Gasteiger partial charge is 0.302 e. The van der Waals surface area contributed by atoms with Crippen molar-refractivity contribution in [1.82, 2.24) is 0 Å². The summed E-state index contributed by atoms with van der Waals surface area (Å²) in [5.74, 6) is 0.499. The van der Waals surface area contributed by atoms with Gasteiger partial charge in [0.1, 0.15) is 6.10 Å². The average molecular weight is 196 g/mol. The van der Waals surface area contributed by atoms with Gasteiger partial charge in [-0.3, -0.25) is 4.79 Å². The van der Waals surface area contributed by atoms with E-state index in [1.807, 2.05) is 0 Å². The summed E-state index contributed by atoms with van der Waals surface area (Å²) in [6.07, 6.45) is 6.65. The highest BCUT2D eigenvalue weighted by Crippen LogP contribution is 2.23. The zero-order valence-electron chi connectivity index (χ0n) is 9.38. The predicted octanol–water partition coefficient (Wildman–Crippen LogP) is 3.07. The van der Waals surface area contributed by atoms with E-state index < -0.39 is 0 Å². The minimum absolute atomic E-state index is 0.0963. The molecule has 0 saturated heterocycles. The van der Waals surface area contributed by atoms with Crippen LogP contribution < -0.4 is 0 Å². The summed E-state index contributed by atoms with van der Waals surface area (Å²) in [7, 11) is 0. The van der Waals surface area contributed by atoms with Gasteiger partial charge < -0.3 is 4.74 Å². The Kier molecular flexibility index (Phi) is 4.18. The Bertz CT molecular complexity index is 230. The third kappa shape index (κ3) is 3.95. The van der Waals surface area contributed by atoms with Gasteiger partial charge in [-0.2, -0.15) is 0 Å². The second kappa shape index (κ2) is 5.18. The van der Waals surface area contributed by atoms with Crippen LogP contribution in [0.1, 0.15) is 46.5 Å². The highest BCUT2D eigenvalue weighted by atomic mass is 16.5. The summed E-state index contributed by atoms with van der Waals surface area (Å²) in [5.41, 5.74) is 1.35. The van der Waals surface area contributed by atoms with Crippen LogP contribution in [0.4, 0.5) is 0 Å². The van der Waals surface area contributed by atoms with Gasteiger partial charge in [0.15, 0.2) is 0 Å². The van der Waals surface area contributed by atoms with Crippen molar-refractivity contribution >= 4 is 5.97 Å². The maximum atomic E-state index is 10.9. The van der Waals surface area contributed by atoms with Crippen molar-refractivity contribution in [1.29, 1.82) is 0 Å². The van der Waals surface area contributed by atoms with E-state index in [1.54, 1.807) is 0 Å².